The molecular weight excluding hydrogens is 350 g/mol. The highest BCUT2D eigenvalue weighted by molar-refractivity contribution is 8.00. The third-order valence-electron chi connectivity index (χ3n) is 5.85. The van der Waals surface area contributed by atoms with E-state index in [1.54, 1.807) is 6.20 Å². The molecule has 0 aromatic carbocycles. The van der Waals surface area contributed by atoms with Crippen LogP contribution < -0.4 is 0 Å². The lowest BCUT2D eigenvalue weighted by atomic mass is 9.48. The largest absolute Gasteiger partial charge is 0.468 e. The van der Waals surface area contributed by atoms with E-state index >= 15 is 0 Å². The van der Waals surface area contributed by atoms with Crippen LogP contribution in [0.25, 0.3) is 0 Å². The topological polar surface area (TPSA) is 65.5 Å². The van der Waals surface area contributed by atoms with Crippen molar-refractivity contribution in [2.45, 2.75) is 63.2 Å². The van der Waals surface area contributed by atoms with Gasteiger partial charge >= 0.3 is 11.9 Å². The molecule has 0 saturated heterocycles. The van der Waals surface area contributed by atoms with E-state index in [0.29, 0.717) is 19.4 Å². The lowest BCUT2D eigenvalue weighted by Crippen LogP contribution is -2.49. The van der Waals surface area contributed by atoms with Gasteiger partial charge in [0.15, 0.2) is 0 Å². The van der Waals surface area contributed by atoms with Gasteiger partial charge in [0.25, 0.3) is 0 Å². The number of rotatable bonds is 9. The highest BCUT2D eigenvalue weighted by Gasteiger charge is 2.53. The second-order valence-electron chi connectivity index (χ2n) is 7.44. The van der Waals surface area contributed by atoms with Crippen LogP contribution in [0.1, 0.15) is 52.9 Å². The molecule has 0 amide bonds. The first-order chi connectivity index (χ1) is 12.3. The molecule has 26 heavy (non-hydrogen) atoms. The van der Waals surface area contributed by atoms with Crippen LogP contribution in [-0.4, -0.2) is 35.9 Å². The average Bonchev–Trinajstić information content (AvgIpc) is 2.64. The number of esters is 2. The molecule has 0 bridgehead atoms. The Morgan fingerprint density at radius 3 is 2.54 bits per heavy atom. The van der Waals surface area contributed by atoms with Gasteiger partial charge in [-0.3, -0.25) is 9.59 Å². The number of carbonyl (C=O) groups is 2. The molecule has 0 aliphatic heterocycles. The van der Waals surface area contributed by atoms with Gasteiger partial charge in [-0.2, -0.15) is 0 Å². The van der Waals surface area contributed by atoms with Crippen LogP contribution in [0, 0.1) is 10.8 Å². The minimum Gasteiger partial charge on any atom is -0.468 e. The minimum atomic E-state index is -0.292. The summed E-state index contributed by atoms with van der Waals surface area (Å²) in [6.07, 6.45) is 5.79. The van der Waals surface area contributed by atoms with Gasteiger partial charge in [0.2, 0.25) is 0 Å². The van der Waals surface area contributed by atoms with Gasteiger partial charge in [0.05, 0.1) is 25.2 Å². The molecule has 144 valence electrons. The Kier molecular flexibility index (Phi) is 7.09. The molecule has 6 heteroatoms. The van der Waals surface area contributed by atoms with E-state index in [1.165, 1.54) is 18.9 Å². The van der Waals surface area contributed by atoms with Gasteiger partial charge in [0.1, 0.15) is 5.25 Å². The Balaban J connectivity index is 2.00. The predicted molar refractivity (Wildman–Crippen MR) is 102 cm³/mol. The SMILES string of the molecule is CCOC(=O)CC1(C)CCC1(C)CCC(Sc1ccccn1)C(=O)OC. The quantitative estimate of drug-likeness (QED) is 0.472. The molecule has 0 radical (unpaired) electrons. The van der Waals surface area contributed by atoms with Crippen LogP contribution >= 0.6 is 11.8 Å². The lowest BCUT2D eigenvalue weighted by molar-refractivity contribution is -0.155. The van der Waals surface area contributed by atoms with Crippen LogP contribution in [0.4, 0.5) is 0 Å². The maximum Gasteiger partial charge on any atom is 0.319 e. The van der Waals surface area contributed by atoms with E-state index in [2.05, 4.69) is 18.8 Å². The molecule has 1 heterocycles. The van der Waals surface area contributed by atoms with Crippen molar-refractivity contribution in [2.24, 2.45) is 10.8 Å². The average molecular weight is 380 g/mol. The molecule has 1 saturated carbocycles. The Morgan fingerprint density at radius 1 is 1.27 bits per heavy atom. The van der Waals surface area contributed by atoms with Crippen molar-refractivity contribution in [1.82, 2.24) is 4.98 Å². The van der Waals surface area contributed by atoms with Gasteiger partial charge in [-0.25, -0.2) is 4.98 Å². The molecular formula is C20H29NO4S. The number of methoxy groups -OCH3 is 1. The second kappa shape index (κ2) is 8.89. The summed E-state index contributed by atoms with van der Waals surface area (Å²) in [5, 5.41) is 0.523. The van der Waals surface area contributed by atoms with Crippen molar-refractivity contribution in [1.29, 1.82) is 0 Å². The normalized spacial score (nSPS) is 25.8. The molecule has 1 aliphatic carbocycles. The van der Waals surface area contributed by atoms with Crippen LogP contribution in [0.15, 0.2) is 29.4 Å². The van der Waals surface area contributed by atoms with Gasteiger partial charge in [0, 0.05) is 6.20 Å². The van der Waals surface area contributed by atoms with Crippen molar-refractivity contribution in [2.75, 3.05) is 13.7 Å². The number of pyridine rings is 1. The van der Waals surface area contributed by atoms with Crippen molar-refractivity contribution in [3.8, 4) is 0 Å². The number of hydrogen-bond acceptors (Lipinski definition) is 6. The number of ether oxygens (including phenoxy) is 2. The molecule has 1 aliphatic rings. The molecule has 1 aromatic rings. The monoisotopic (exact) mass is 379 g/mol. The molecule has 1 aromatic heterocycles. The van der Waals surface area contributed by atoms with Crippen molar-refractivity contribution >= 4 is 23.7 Å². The minimum absolute atomic E-state index is 0.0245. The first-order valence-corrected chi connectivity index (χ1v) is 10.0. The van der Waals surface area contributed by atoms with Crippen molar-refractivity contribution in [3.63, 3.8) is 0 Å². The predicted octanol–water partition coefficient (Wildman–Crippen LogP) is 4.26. The summed E-state index contributed by atoms with van der Waals surface area (Å²) in [5.74, 6) is -0.357. The standard InChI is InChI=1S/C20H29NO4S/c1-5-25-17(22)14-20(3)12-11-19(20,2)10-9-15(18(23)24-4)26-16-8-6-7-13-21-16/h6-8,13,15H,5,9-12,14H2,1-4H3. The maximum atomic E-state index is 12.2. The molecule has 3 atom stereocenters. The van der Waals surface area contributed by atoms with Gasteiger partial charge < -0.3 is 9.47 Å². The van der Waals surface area contributed by atoms with Crippen LogP contribution in [0.3, 0.4) is 0 Å². The highest BCUT2D eigenvalue weighted by Crippen LogP contribution is 2.61. The fraction of sp³-hybridized carbons (Fsp3) is 0.650. The van der Waals surface area contributed by atoms with Crippen molar-refractivity contribution in [3.05, 3.63) is 24.4 Å². The highest BCUT2D eigenvalue weighted by atomic mass is 32.2. The lowest BCUT2D eigenvalue weighted by Gasteiger charge is -2.56. The fourth-order valence-electron chi connectivity index (χ4n) is 3.61. The Labute approximate surface area is 160 Å². The smallest absolute Gasteiger partial charge is 0.319 e. The molecule has 3 unspecified atom stereocenters. The van der Waals surface area contributed by atoms with Gasteiger partial charge in [-0.15, -0.1) is 0 Å². The number of aromatic nitrogens is 1. The van der Waals surface area contributed by atoms with E-state index in [9.17, 15) is 9.59 Å². The third kappa shape index (κ3) is 4.78. The third-order valence-corrected chi connectivity index (χ3v) is 7.04. The zero-order valence-corrected chi connectivity index (χ0v) is 16.9. The summed E-state index contributed by atoms with van der Waals surface area (Å²) in [6.45, 7) is 6.62. The number of hydrogen-bond donors (Lipinski definition) is 0. The zero-order valence-electron chi connectivity index (χ0n) is 16.1. The molecule has 2 rings (SSSR count). The molecule has 0 N–H and O–H groups in total. The molecule has 5 nitrogen and oxygen atoms in total. The zero-order chi connectivity index (χ0) is 19.2. The number of carbonyl (C=O) groups excluding carboxylic acids is 2. The van der Waals surface area contributed by atoms with E-state index < -0.39 is 0 Å². The maximum absolute atomic E-state index is 12.2. The number of thioether (sulfide) groups is 1. The van der Waals surface area contributed by atoms with Crippen molar-refractivity contribution < 1.29 is 19.1 Å². The summed E-state index contributed by atoms with van der Waals surface area (Å²) < 4.78 is 10.1. The molecule has 1 fully saturated rings. The Morgan fingerprint density at radius 2 is 2.00 bits per heavy atom. The summed E-state index contributed by atoms with van der Waals surface area (Å²) in [4.78, 5) is 28.5. The first-order valence-electron chi connectivity index (χ1n) is 9.15. The van der Waals surface area contributed by atoms with E-state index in [-0.39, 0.29) is 28.0 Å². The fourth-order valence-corrected chi connectivity index (χ4v) is 4.60. The van der Waals surface area contributed by atoms with Gasteiger partial charge in [-0.05, 0) is 55.6 Å². The summed E-state index contributed by atoms with van der Waals surface area (Å²) in [5.41, 5.74) is -0.0493. The molecule has 0 spiro atoms. The van der Waals surface area contributed by atoms with E-state index in [0.717, 1.165) is 24.3 Å². The van der Waals surface area contributed by atoms with Gasteiger partial charge in [-0.1, -0.05) is 31.7 Å². The van der Waals surface area contributed by atoms with Crippen LogP contribution in [0.5, 0.6) is 0 Å². The van der Waals surface area contributed by atoms with Crippen LogP contribution in [-0.2, 0) is 19.1 Å². The summed E-state index contributed by atoms with van der Waals surface area (Å²) in [7, 11) is 1.42. The Bertz CT molecular complexity index is 623. The summed E-state index contributed by atoms with van der Waals surface area (Å²) >= 11 is 1.44. The Hall–Kier alpha value is -1.56. The number of nitrogens with zero attached hydrogens (tertiary/aromatic N) is 1. The van der Waals surface area contributed by atoms with E-state index in [4.69, 9.17) is 9.47 Å². The van der Waals surface area contributed by atoms with E-state index in [1.807, 2.05) is 25.1 Å². The second-order valence-corrected chi connectivity index (χ2v) is 8.66. The summed E-state index contributed by atoms with van der Waals surface area (Å²) in [6, 6.07) is 5.66. The first kappa shape index (κ1) is 20.7. The van der Waals surface area contributed by atoms with Crippen LogP contribution in [0.2, 0.25) is 0 Å².